The van der Waals surface area contributed by atoms with E-state index in [0.717, 1.165) is 22.6 Å². The van der Waals surface area contributed by atoms with E-state index in [4.69, 9.17) is 9.47 Å². The van der Waals surface area contributed by atoms with E-state index in [-0.39, 0.29) is 41.2 Å². The molecule has 2 aromatic carbocycles. The molecule has 0 radical (unpaired) electrons. The molecule has 2 N–H and O–H groups in total. The Morgan fingerprint density at radius 3 is 2.62 bits per heavy atom. The summed E-state index contributed by atoms with van der Waals surface area (Å²) in [6.45, 7) is 5.42. The third kappa shape index (κ3) is 7.34. The number of fused-ring (bicyclic) bond motifs is 1. The zero-order valence-corrected chi connectivity index (χ0v) is 24.9. The van der Waals surface area contributed by atoms with Crippen molar-refractivity contribution in [2.24, 2.45) is 5.92 Å². The summed E-state index contributed by atoms with van der Waals surface area (Å²) in [6.07, 6.45) is -0.245. The number of nitrogens with one attached hydrogen (secondary N) is 1. The normalized spacial score (nSPS) is 18.8. The highest BCUT2D eigenvalue weighted by atomic mass is 32.2. The van der Waals surface area contributed by atoms with Crippen LogP contribution in [0.1, 0.15) is 25.0 Å². The average molecular weight is 588 g/mol. The quantitative estimate of drug-likeness (QED) is 0.371. The molecule has 0 bridgehead atoms. The van der Waals surface area contributed by atoms with Gasteiger partial charge in [0.25, 0.3) is 10.0 Å². The Morgan fingerprint density at radius 1 is 1.23 bits per heavy atom. The predicted molar refractivity (Wildman–Crippen MR) is 156 cm³/mol. The van der Waals surface area contributed by atoms with Gasteiger partial charge in [-0.2, -0.15) is 0 Å². The van der Waals surface area contributed by atoms with Crippen molar-refractivity contribution in [1.82, 2.24) is 9.80 Å². The molecule has 9 nitrogen and oxygen atoms in total. The van der Waals surface area contributed by atoms with Crippen LogP contribution >= 0.6 is 11.3 Å². The molecule has 4 rings (SSSR count). The summed E-state index contributed by atoms with van der Waals surface area (Å²) in [5.74, 6) is 1.15. The Bertz CT molecular complexity index is 1380. The highest BCUT2D eigenvalue weighted by Crippen LogP contribution is 2.30. The second kappa shape index (κ2) is 13.0. The summed E-state index contributed by atoms with van der Waals surface area (Å²) in [6, 6.07) is 15.8. The van der Waals surface area contributed by atoms with Crippen LogP contribution in [0.15, 0.2) is 64.2 Å². The van der Waals surface area contributed by atoms with E-state index < -0.39 is 10.0 Å². The van der Waals surface area contributed by atoms with Gasteiger partial charge in [0.15, 0.2) is 0 Å². The molecule has 40 heavy (non-hydrogen) atoms. The standard InChI is InChI=1S/C29H37N3O6S2/c1-20-16-32(21(2)19-33)28(34)15-23-14-24(30-40(35,36)29-6-5-13-39-29)9-12-26(23)38-27(20)18-31(3)17-22-7-10-25(37-4)11-8-22/h5-14,20-21,27,30,33H,15-19H2,1-4H3/t20-,21+,27-/m0/s1. The van der Waals surface area contributed by atoms with E-state index in [1.165, 1.54) is 0 Å². The van der Waals surface area contributed by atoms with Crippen molar-refractivity contribution in [2.75, 3.05) is 38.6 Å². The molecule has 0 spiro atoms. The van der Waals surface area contributed by atoms with E-state index in [9.17, 15) is 18.3 Å². The van der Waals surface area contributed by atoms with Gasteiger partial charge in [-0.05, 0) is 61.3 Å². The van der Waals surface area contributed by atoms with E-state index >= 15 is 0 Å². The number of aliphatic hydroxyl groups excluding tert-OH is 1. The molecule has 0 aliphatic carbocycles. The number of hydrogen-bond donors (Lipinski definition) is 2. The fourth-order valence-corrected chi connectivity index (χ4v) is 6.79. The van der Waals surface area contributed by atoms with Gasteiger partial charge in [-0.3, -0.25) is 14.4 Å². The van der Waals surface area contributed by atoms with Gasteiger partial charge in [0, 0.05) is 36.8 Å². The van der Waals surface area contributed by atoms with E-state index in [2.05, 4.69) is 9.62 Å². The Labute approximate surface area is 240 Å². The number of sulfonamides is 1. The van der Waals surface area contributed by atoms with Crippen molar-refractivity contribution < 1.29 is 27.8 Å². The molecule has 1 amide bonds. The third-order valence-corrected chi connectivity index (χ3v) is 9.81. The van der Waals surface area contributed by atoms with Crippen LogP contribution in [0.5, 0.6) is 11.5 Å². The summed E-state index contributed by atoms with van der Waals surface area (Å²) in [5, 5.41) is 11.6. The lowest BCUT2D eigenvalue weighted by Crippen LogP contribution is -2.47. The first-order chi connectivity index (χ1) is 19.1. The number of methoxy groups -OCH3 is 1. The van der Waals surface area contributed by atoms with Gasteiger partial charge < -0.3 is 19.5 Å². The SMILES string of the molecule is COc1ccc(CN(C)C[C@@H]2Oc3ccc(NS(=O)(=O)c4cccs4)cc3CC(=O)N([C@H](C)CO)C[C@@H]2C)cc1. The fraction of sp³-hybridized carbons (Fsp3) is 0.414. The van der Waals surface area contributed by atoms with Crippen LogP contribution in [0.3, 0.4) is 0 Å². The molecule has 0 saturated heterocycles. The number of rotatable bonds is 10. The van der Waals surface area contributed by atoms with Crippen LogP contribution in [-0.2, 0) is 27.8 Å². The second-order valence-electron chi connectivity index (χ2n) is 10.3. The molecule has 216 valence electrons. The molecule has 3 aromatic rings. The maximum absolute atomic E-state index is 13.4. The van der Waals surface area contributed by atoms with Crippen molar-refractivity contribution in [3.63, 3.8) is 0 Å². The third-order valence-electron chi connectivity index (χ3n) is 7.03. The Hall–Kier alpha value is -3.12. The van der Waals surface area contributed by atoms with Gasteiger partial charge in [0.2, 0.25) is 5.91 Å². The summed E-state index contributed by atoms with van der Waals surface area (Å²) in [7, 11) is -0.0821. The molecule has 0 unspecified atom stereocenters. The van der Waals surface area contributed by atoms with Crippen molar-refractivity contribution in [1.29, 1.82) is 0 Å². The lowest BCUT2D eigenvalue weighted by atomic mass is 10.0. The Balaban J connectivity index is 1.60. The van der Waals surface area contributed by atoms with Crippen LogP contribution in [-0.4, -0.2) is 75.2 Å². The van der Waals surface area contributed by atoms with E-state index in [0.29, 0.717) is 36.6 Å². The lowest BCUT2D eigenvalue weighted by Gasteiger charge is -2.34. The lowest BCUT2D eigenvalue weighted by molar-refractivity contribution is -0.134. The zero-order valence-electron chi connectivity index (χ0n) is 23.2. The van der Waals surface area contributed by atoms with Crippen LogP contribution in [0.25, 0.3) is 0 Å². The average Bonchev–Trinajstić information content (AvgIpc) is 3.49. The molecular weight excluding hydrogens is 550 g/mol. The number of anilines is 1. The number of carbonyl (C=O) groups excluding carboxylic acids is 1. The number of amides is 1. The first kappa shape index (κ1) is 29.9. The zero-order chi connectivity index (χ0) is 28.9. The predicted octanol–water partition coefficient (Wildman–Crippen LogP) is 3.84. The van der Waals surface area contributed by atoms with Crippen molar-refractivity contribution in [2.45, 2.75) is 43.2 Å². The summed E-state index contributed by atoms with van der Waals surface area (Å²) in [5.41, 5.74) is 2.07. The van der Waals surface area contributed by atoms with Gasteiger partial charge in [-0.25, -0.2) is 8.42 Å². The second-order valence-corrected chi connectivity index (χ2v) is 13.1. The number of carbonyl (C=O) groups is 1. The smallest absolute Gasteiger partial charge is 0.271 e. The highest BCUT2D eigenvalue weighted by Gasteiger charge is 2.31. The number of likely N-dealkylation sites (N-methyl/N-ethyl adjacent to an activating group) is 1. The first-order valence-corrected chi connectivity index (χ1v) is 15.5. The van der Waals surface area contributed by atoms with Crippen LogP contribution in [0.2, 0.25) is 0 Å². The molecule has 3 atom stereocenters. The maximum Gasteiger partial charge on any atom is 0.271 e. The van der Waals surface area contributed by atoms with Crippen LogP contribution < -0.4 is 14.2 Å². The van der Waals surface area contributed by atoms with Crippen LogP contribution in [0.4, 0.5) is 5.69 Å². The minimum atomic E-state index is -3.75. The highest BCUT2D eigenvalue weighted by molar-refractivity contribution is 7.94. The number of nitrogens with zero attached hydrogens (tertiary/aromatic N) is 2. The molecule has 1 aliphatic rings. The molecule has 2 heterocycles. The largest absolute Gasteiger partial charge is 0.497 e. The van der Waals surface area contributed by atoms with Crippen LogP contribution in [0, 0.1) is 5.92 Å². The molecule has 0 fully saturated rings. The number of aliphatic hydroxyl groups is 1. The van der Waals surface area contributed by atoms with Crippen molar-refractivity contribution in [3.8, 4) is 11.5 Å². The Morgan fingerprint density at radius 2 is 1.98 bits per heavy atom. The first-order valence-electron chi connectivity index (χ1n) is 13.2. The van der Waals surface area contributed by atoms with Gasteiger partial charge >= 0.3 is 0 Å². The van der Waals surface area contributed by atoms with Gasteiger partial charge in [0.05, 0.1) is 26.2 Å². The molecule has 11 heteroatoms. The number of hydrogen-bond acceptors (Lipinski definition) is 8. The molecule has 0 saturated carbocycles. The Kier molecular flexibility index (Phi) is 9.72. The maximum atomic E-state index is 13.4. The fourth-order valence-electron chi connectivity index (χ4n) is 4.75. The van der Waals surface area contributed by atoms with E-state index in [1.54, 1.807) is 47.7 Å². The number of ether oxygens (including phenoxy) is 2. The molecule has 1 aliphatic heterocycles. The minimum absolute atomic E-state index is 0.0232. The summed E-state index contributed by atoms with van der Waals surface area (Å²) >= 11 is 1.13. The topological polar surface area (TPSA) is 108 Å². The van der Waals surface area contributed by atoms with E-state index in [1.807, 2.05) is 45.2 Å². The summed E-state index contributed by atoms with van der Waals surface area (Å²) in [4.78, 5) is 17.3. The number of benzene rings is 2. The molecule has 1 aromatic heterocycles. The monoisotopic (exact) mass is 587 g/mol. The number of thiophene rings is 1. The van der Waals surface area contributed by atoms with Crippen molar-refractivity contribution >= 4 is 33.0 Å². The minimum Gasteiger partial charge on any atom is -0.497 e. The van der Waals surface area contributed by atoms with Gasteiger partial charge in [-0.1, -0.05) is 25.1 Å². The van der Waals surface area contributed by atoms with Gasteiger partial charge in [-0.15, -0.1) is 11.3 Å². The molecular formula is C29H37N3O6S2. The summed E-state index contributed by atoms with van der Waals surface area (Å²) < 4.78 is 40.3. The van der Waals surface area contributed by atoms with Gasteiger partial charge in [0.1, 0.15) is 21.8 Å². The van der Waals surface area contributed by atoms with Crippen molar-refractivity contribution in [3.05, 3.63) is 71.1 Å².